The van der Waals surface area contributed by atoms with Crippen LogP contribution in [0.1, 0.15) is 5.56 Å². The third-order valence-electron chi connectivity index (χ3n) is 4.21. The van der Waals surface area contributed by atoms with Crippen LogP contribution in [0.2, 0.25) is 0 Å². The van der Waals surface area contributed by atoms with E-state index in [1.54, 1.807) is 12.1 Å². The van der Waals surface area contributed by atoms with Gasteiger partial charge in [-0.2, -0.15) is 4.98 Å². The van der Waals surface area contributed by atoms with Crippen LogP contribution < -0.4 is 10.5 Å². The third kappa shape index (κ3) is 3.17. The maximum Gasteiger partial charge on any atom is 0.271 e. The van der Waals surface area contributed by atoms with Crippen LogP contribution in [0.15, 0.2) is 64.2 Å². The first-order valence-electron chi connectivity index (χ1n) is 8.09. The Morgan fingerprint density at radius 1 is 1.04 bits per heavy atom. The van der Waals surface area contributed by atoms with E-state index in [0.29, 0.717) is 5.58 Å². The summed E-state index contributed by atoms with van der Waals surface area (Å²) in [5.41, 5.74) is 3.29. The van der Waals surface area contributed by atoms with E-state index in [4.69, 9.17) is 9.56 Å². The zero-order valence-electron chi connectivity index (χ0n) is 13.8. The number of furan rings is 1. The average Bonchev–Trinajstić information content (AvgIpc) is 3.01. The lowest BCUT2D eigenvalue weighted by atomic mass is 10.1. The predicted octanol–water partition coefficient (Wildman–Crippen LogP) is 1.46. The van der Waals surface area contributed by atoms with Gasteiger partial charge < -0.3 is 4.42 Å². The van der Waals surface area contributed by atoms with Crippen LogP contribution in [-0.4, -0.2) is 24.9 Å². The molecule has 0 saturated heterocycles. The van der Waals surface area contributed by atoms with Gasteiger partial charge in [-0.05, 0) is 29.8 Å². The minimum absolute atomic E-state index is 0.116. The lowest BCUT2D eigenvalue weighted by Crippen LogP contribution is -2.79. The zero-order chi connectivity index (χ0) is 18.1. The summed E-state index contributed by atoms with van der Waals surface area (Å²) in [6, 6.07) is 14.3. The first kappa shape index (κ1) is 16.6. The standard InChI is InChI=1S/C18H16N4O3S/c19-26(23,24)13-7-5-12(6-8-13)9-10-20-18-17-16(21-11-22-18)14-3-1-2-4-15(14)25-17/h1-8,11H,9-10H2,(H2,19,23,24)(H,20,21,22)/p+1. The fourth-order valence-electron chi connectivity index (χ4n) is 2.91. The molecule has 4 N–H and O–H groups in total. The van der Waals surface area contributed by atoms with Gasteiger partial charge in [0, 0.05) is 11.8 Å². The van der Waals surface area contributed by atoms with Crippen LogP contribution in [0.4, 0.5) is 5.82 Å². The molecule has 0 saturated carbocycles. The molecule has 0 unspecified atom stereocenters. The lowest BCUT2D eigenvalue weighted by Gasteiger charge is -2.03. The molecule has 0 aliphatic carbocycles. The van der Waals surface area contributed by atoms with E-state index in [1.165, 1.54) is 18.5 Å². The molecule has 26 heavy (non-hydrogen) atoms. The molecule has 2 heterocycles. The quantitative estimate of drug-likeness (QED) is 0.552. The van der Waals surface area contributed by atoms with Crippen molar-refractivity contribution in [3.05, 3.63) is 60.4 Å². The van der Waals surface area contributed by atoms with E-state index in [1.807, 2.05) is 29.6 Å². The van der Waals surface area contributed by atoms with Gasteiger partial charge in [0.1, 0.15) is 17.4 Å². The van der Waals surface area contributed by atoms with E-state index in [9.17, 15) is 8.42 Å². The minimum atomic E-state index is -3.66. The summed E-state index contributed by atoms with van der Waals surface area (Å²) in [5.74, 6) is 0.757. The molecule has 4 rings (SSSR count). The monoisotopic (exact) mass is 369 g/mol. The van der Waals surface area contributed by atoms with Gasteiger partial charge in [0.15, 0.2) is 0 Å². The molecule has 4 aromatic rings. The molecule has 0 radical (unpaired) electrons. The highest BCUT2D eigenvalue weighted by Crippen LogP contribution is 2.28. The first-order valence-corrected chi connectivity index (χ1v) is 9.64. The number of sulfonamides is 1. The molecular weight excluding hydrogens is 352 g/mol. The Bertz CT molecular complexity index is 1180. The molecule has 132 valence electrons. The molecule has 0 aliphatic rings. The number of aromatic nitrogens is 2. The highest BCUT2D eigenvalue weighted by molar-refractivity contribution is 7.89. The van der Waals surface area contributed by atoms with Crippen LogP contribution in [0, 0.1) is 0 Å². The summed E-state index contributed by atoms with van der Waals surface area (Å²) in [6.07, 6.45) is 2.29. The van der Waals surface area contributed by atoms with Crippen LogP contribution >= 0.6 is 0 Å². The van der Waals surface area contributed by atoms with Crippen molar-refractivity contribution in [1.82, 2.24) is 9.97 Å². The summed E-state index contributed by atoms with van der Waals surface area (Å²) in [5, 5.41) is 8.08. The lowest BCUT2D eigenvalue weighted by molar-refractivity contribution is -0.573. The van der Waals surface area contributed by atoms with Crippen molar-refractivity contribution < 1.29 is 18.2 Å². The van der Waals surface area contributed by atoms with Gasteiger partial charge in [-0.1, -0.05) is 24.3 Å². The van der Waals surface area contributed by atoms with Gasteiger partial charge >= 0.3 is 0 Å². The predicted molar refractivity (Wildman–Crippen MR) is 97.3 cm³/mol. The second kappa shape index (κ2) is 6.49. The average molecular weight is 369 g/mol. The second-order valence-electron chi connectivity index (χ2n) is 5.97. The largest absolute Gasteiger partial charge is 0.446 e. The fourth-order valence-corrected chi connectivity index (χ4v) is 3.42. The molecule has 0 bridgehead atoms. The molecule has 0 fully saturated rings. The van der Waals surface area contributed by atoms with Gasteiger partial charge in [-0.15, -0.1) is 0 Å². The Morgan fingerprint density at radius 2 is 1.81 bits per heavy atom. The van der Waals surface area contributed by atoms with Crippen LogP contribution in [0.3, 0.4) is 0 Å². The zero-order valence-corrected chi connectivity index (χ0v) is 14.6. The van der Waals surface area contributed by atoms with E-state index in [0.717, 1.165) is 40.8 Å². The van der Waals surface area contributed by atoms with Crippen LogP contribution in [0.25, 0.3) is 22.1 Å². The van der Waals surface area contributed by atoms with Crippen LogP contribution in [-0.2, 0) is 16.4 Å². The molecule has 0 spiro atoms. The highest BCUT2D eigenvalue weighted by atomic mass is 32.2. The summed E-state index contributed by atoms with van der Waals surface area (Å²) in [6.45, 7) is 0.734. The normalized spacial score (nSPS) is 12.0. The van der Waals surface area contributed by atoms with Crippen molar-refractivity contribution >= 4 is 37.9 Å². The molecule has 7 nitrogen and oxygen atoms in total. The van der Waals surface area contributed by atoms with Gasteiger partial charge in [-0.3, -0.25) is 5.32 Å². The molecule has 2 aromatic carbocycles. The Labute approximate surface area is 149 Å². The fraction of sp³-hybridized carbons (Fsp3) is 0.111. The molecule has 0 aliphatic heterocycles. The smallest absolute Gasteiger partial charge is 0.271 e. The summed E-state index contributed by atoms with van der Waals surface area (Å²) in [4.78, 5) is 8.77. The van der Waals surface area contributed by atoms with Crippen molar-refractivity contribution in [2.45, 2.75) is 11.3 Å². The number of nitrogens with two attached hydrogens (primary N) is 2. The summed E-state index contributed by atoms with van der Waals surface area (Å²) >= 11 is 0. The highest BCUT2D eigenvalue weighted by Gasteiger charge is 2.15. The van der Waals surface area contributed by atoms with E-state index in [2.05, 4.69) is 9.97 Å². The molecule has 8 heteroatoms. The second-order valence-corrected chi connectivity index (χ2v) is 7.53. The van der Waals surface area contributed by atoms with Crippen molar-refractivity contribution in [3.8, 4) is 0 Å². The third-order valence-corrected chi connectivity index (χ3v) is 5.14. The SMILES string of the molecule is NS(=O)(=O)c1ccc(CC[NH2+]c2ncnc3c2oc2ccccc23)cc1. The molecular formula is C18H17N4O3S+. The number of benzene rings is 2. The Hall–Kier alpha value is -2.81. The topological polar surface area (TPSA) is 116 Å². The van der Waals surface area contributed by atoms with Gasteiger partial charge in [0.2, 0.25) is 15.6 Å². The Balaban J connectivity index is 1.51. The van der Waals surface area contributed by atoms with Gasteiger partial charge in [0.25, 0.3) is 5.82 Å². The van der Waals surface area contributed by atoms with Crippen molar-refractivity contribution in [2.75, 3.05) is 6.54 Å². The molecule has 0 amide bonds. The number of nitrogens with zero attached hydrogens (tertiary/aromatic N) is 2. The van der Waals surface area contributed by atoms with Crippen molar-refractivity contribution in [3.63, 3.8) is 0 Å². The minimum Gasteiger partial charge on any atom is -0.446 e. The number of hydrogen-bond donors (Lipinski definition) is 2. The Morgan fingerprint density at radius 3 is 2.58 bits per heavy atom. The van der Waals surface area contributed by atoms with Crippen LogP contribution in [0.5, 0.6) is 0 Å². The van der Waals surface area contributed by atoms with Crippen molar-refractivity contribution in [2.24, 2.45) is 5.14 Å². The number of primary sulfonamides is 1. The number of hydrogen-bond acceptors (Lipinski definition) is 5. The first-order chi connectivity index (χ1) is 12.5. The summed E-state index contributed by atoms with van der Waals surface area (Å²) < 4.78 is 28.5. The number of quaternary nitrogens is 1. The Kier molecular flexibility index (Phi) is 4.15. The maximum atomic E-state index is 11.3. The molecule has 0 atom stereocenters. The number of fused-ring (bicyclic) bond motifs is 3. The van der Waals surface area contributed by atoms with E-state index in [-0.39, 0.29) is 4.90 Å². The maximum absolute atomic E-state index is 11.3. The van der Waals surface area contributed by atoms with Gasteiger partial charge in [0.05, 0.1) is 11.4 Å². The molecule has 2 aromatic heterocycles. The van der Waals surface area contributed by atoms with Gasteiger partial charge in [-0.25, -0.2) is 18.5 Å². The number of rotatable bonds is 5. The van der Waals surface area contributed by atoms with E-state index < -0.39 is 10.0 Å². The van der Waals surface area contributed by atoms with E-state index >= 15 is 0 Å². The summed E-state index contributed by atoms with van der Waals surface area (Å²) in [7, 11) is -3.66. The number of para-hydroxylation sites is 1. The van der Waals surface area contributed by atoms with Crippen molar-refractivity contribution in [1.29, 1.82) is 0 Å².